The van der Waals surface area contributed by atoms with Crippen LogP contribution < -0.4 is 20.5 Å². The number of aliphatic hydroxyl groups is 2. The lowest BCUT2D eigenvalue weighted by molar-refractivity contribution is -0.240. The van der Waals surface area contributed by atoms with E-state index >= 15 is 4.39 Å². The number of ether oxygens (including phenoxy) is 2. The van der Waals surface area contributed by atoms with Crippen LogP contribution in [0.5, 0.6) is 11.5 Å². The molecule has 18 heteroatoms. The van der Waals surface area contributed by atoms with E-state index < -0.39 is 53.2 Å². The SMILES string of the molecule is [B]C([B])(OP1(=O)OCc2cccc(OC)c2O1)[C@@]1(F)O[C@@]([B])(n2cc(Cl)c(=O)[nH]c2=O)[C@H](O)[C@@H]1O. The van der Waals surface area contributed by atoms with Crippen LogP contribution in [0.25, 0.3) is 0 Å². The molecule has 6 radical (unpaired) electrons. The van der Waals surface area contributed by atoms with Crippen LogP contribution in [0.4, 0.5) is 4.39 Å². The molecule has 1 saturated heterocycles. The zero-order valence-electron chi connectivity index (χ0n) is 17.7. The molecule has 2 aliphatic rings. The van der Waals surface area contributed by atoms with Gasteiger partial charge in [-0.3, -0.25) is 23.4 Å². The molecule has 0 amide bonds. The van der Waals surface area contributed by atoms with E-state index in [9.17, 15) is 24.4 Å². The molecule has 12 nitrogen and oxygen atoms in total. The summed E-state index contributed by atoms with van der Waals surface area (Å²) < 4.78 is 54.8. The van der Waals surface area contributed by atoms with Crippen molar-refractivity contribution in [2.24, 2.45) is 0 Å². The first kappa shape index (κ1) is 26.0. The van der Waals surface area contributed by atoms with Gasteiger partial charge in [-0.05, 0) is 6.07 Å². The van der Waals surface area contributed by atoms with E-state index in [2.05, 4.69) is 0 Å². The smallest absolute Gasteiger partial charge is 0.493 e. The standard InChI is InChI=1S/C17H14B3ClFN2O10P/c1-30-9-4-2-3-7-6-31-35(29,32-10(7)9)34-17(19,20)15(22)11(25)12(26)16(18,33-15)24-5-8(21)13(27)23-14(24)28/h2-5,11-12,25-26H,6H2,1H3,(H,23,27,28)/t11-,12+,15-,16-,35?/m0/s1. The fourth-order valence-corrected chi connectivity index (χ4v) is 5.03. The van der Waals surface area contributed by atoms with Crippen molar-refractivity contribution in [2.45, 2.75) is 35.7 Å². The van der Waals surface area contributed by atoms with Crippen LogP contribution in [0.1, 0.15) is 5.56 Å². The molecule has 4 rings (SSSR count). The van der Waals surface area contributed by atoms with Crippen LogP contribution in [0.3, 0.4) is 0 Å². The van der Waals surface area contributed by atoms with Crippen molar-refractivity contribution in [3.05, 3.63) is 55.8 Å². The molecule has 1 aromatic heterocycles. The molecule has 0 spiro atoms. The lowest BCUT2D eigenvalue weighted by Gasteiger charge is -2.42. The van der Waals surface area contributed by atoms with Gasteiger partial charge in [0.25, 0.3) is 11.4 Å². The number of alkyl halides is 1. The number of benzene rings is 1. The van der Waals surface area contributed by atoms with Crippen LogP contribution in [-0.2, 0) is 30.6 Å². The summed E-state index contributed by atoms with van der Waals surface area (Å²) in [5.41, 5.74) is -4.84. The number of rotatable bonds is 5. The average Bonchev–Trinajstić information content (AvgIpc) is 2.97. The first-order valence-electron chi connectivity index (χ1n) is 9.62. The fraction of sp³-hybridized carbons (Fsp3) is 0.412. The van der Waals surface area contributed by atoms with Gasteiger partial charge < -0.3 is 24.2 Å². The Morgan fingerprint density at radius 3 is 2.69 bits per heavy atom. The number of nitrogens with one attached hydrogen (secondary N) is 1. The lowest BCUT2D eigenvalue weighted by Crippen LogP contribution is -2.60. The second-order valence-electron chi connectivity index (χ2n) is 7.64. The minimum Gasteiger partial charge on any atom is -0.493 e. The largest absolute Gasteiger partial charge is 0.529 e. The first-order valence-corrected chi connectivity index (χ1v) is 11.5. The van der Waals surface area contributed by atoms with E-state index in [1.54, 1.807) is 17.1 Å². The summed E-state index contributed by atoms with van der Waals surface area (Å²) in [5.74, 6) is -3.77. The number of halogens is 2. The predicted octanol–water partition coefficient (Wildman–Crippen LogP) is -0.880. The van der Waals surface area contributed by atoms with Crippen LogP contribution in [0.15, 0.2) is 34.0 Å². The van der Waals surface area contributed by atoms with E-state index in [4.69, 9.17) is 58.2 Å². The Hall–Kier alpha value is -2.06. The van der Waals surface area contributed by atoms with Gasteiger partial charge in [-0.15, -0.1) is 0 Å². The van der Waals surface area contributed by atoms with Gasteiger partial charge in [0.15, 0.2) is 11.5 Å². The summed E-state index contributed by atoms with van der Waals surface area (Å²) in [5, 5.41) is 16.9. The molecule has 35 heavy (non-hydrogen) atoms. The number of phosphoric acid groups is 1. The molecule has 2 aliphatic heterocycles. The third-order valence-electron chi connectivity index (χ3n) is 5.35. The molecule has 0 saturated carbocycles. The molecular weight excluding hydrogens is 510 g/mol. The van der Waals surface area contributed by atoms with Crippen LogP contribution in [-0.4, -0.2) is 73.9 Å². The van der Waals surface area contributed by atoms with Gasteiger partial charge in [0.2, 0.25) is 0 Å². The number of nitrogens with zero attached hydrogens (tertiary/aromatic N) is 1. The van der Waals surface area contributed by atoms with E-state index in [0.29, 0.717) is 16.3 Å². The number of methoxy groups -OCH3 is 1. The zero-order chi connectivity index (χ0) is 26.0. The summed E-state index contributed by atoms with van der Waals surface area (Å²) in [6, 6.07) is 4.63. The fourth-order valence-electron chi connectivity index (χ4n) is 3.52. The van der Waals surface area contributed by atoms with Crippen molar-refractivity contribution in [3.63, 3.8) is 0 Å². The van der Waals surface area contributed by atoms with Gasteiger partial charge >= 0.3 is 13.5 Å². The van der Waals surface area contributed by atoms with E-state index in [1.807, 2.05) is 0 Å². The third-order valence-corrected chi connectivity index (χ3v) is 6.99. The Kier molecular flexibility index (Phi) is 6.33. The molecule has 3 N–H and O–H groups in total. The monoisotopic (exact) mass is 524 g/mol. The number of aromatic amines is 1. The van der Waals surface area contributed by atoms with Crippen LogP contribution in [0, 0.1) is 0 Å². The van der Waals surface area contributed by atoms with Crippen molar-refractivity contribution < 1.29 is 42.2 Å². The zero-order valence-corrected chi connectivity index (χ0v) is 19.4. The molecule has 0 bridgehead atoms. The second kappa shape index (κ2) is 8.51. The second-order valence-corrected chi connectivity index (χ2v) is 9.56. The highest BCUT2D eigenvalue weighted by Gasteiger charge is 2.69. The summed E-state index contributed by atoms with van der Waals surface area (Å²) in [6.07, 6.45) is -4.52. The first-order chi connectivity index (χ1) is 16.2. The van der Waals surface area contributed by atoms with Crippen molar-refractivity contribution in [1.29, 1.82) is 0 Å². The molecule has 0 aliphatic carbocycles. The Balaban J connectivity index is 1.69. The topological polar surface area (TPSA) is 159 Å². The summed E-state index contributed by atoms with van der Waals surface area (Å²) in [6.45, 7) is -0.350. The Labute approximate surface area is 205 Å². The number of para-hydroxylation sites is 1. The van der Waals surface area contributed by atoms with Gasteiger partial charge in [-0.25, -0.2) is 13.8 Å². The number of aliphatic hydroxyl groups excluding tert-OH is 2. The molecule has 2 aromatic rings. The van der Waals surface area contributed by atoms with Crippen LogP contribution >= 0.6 is 19.4 Å². The van der Waals surface area contributed by atoms with Gasteiger partial charge in [0, 0.05) is 11.8 Å². The van der Waals surface area contributed by atoms with Crippen molar-refractivity contribution in [1.82, 2.24) is 9.55 Å². The number of fused-ring (bicyclic) bond motifs is 1. The maximum absolute atomic E-state index is 16.0. The number of H-pyrrole nitrogens is 1. The highest BCUT2D eigenvalue weighted by atomic mass is 35.5. The molecule has 1 unspecified atom stereocenters. The summed E-state index contributed by atoms with van der Waals surface area (Å²) >= 11 is 5.68. The van der Waals surface area contributed by atoms with E-state index in [1.165, 1.54) is 13.2 Å². The van der Waals surface area contributed by atoms with Crippen molar-refractivity contribution in [2.75, 3.05) is 7.11 Å². The molecule has 3 heterocycles. The molecular formula is C17H14B3ClFN2O10P. The third kappa shape index (κ3) is 4.06. The lowest BCUT2D eigenvalue weighted by atomic mass is 9.59. The number of aromatic nitrogens is 2. The predicted molar refractivity (Wildman–Crippen MR) is 118 cm³/mol. The average molecular weight is 524 g/mol. The van der Waals surface area contributed by atoms with Crippen molar-refractivity contribution >= 4 is 43.0 Å². The molecule has 180 valence electrons. The van der Waals surface area contributed by atoms with Gasteiger partial charge in [0.05, 0.1) is 19.1 Å². The van der Waals surface area contributed by atoms with E-state index in [0.717, 1.165) is 0 Å². The normalized spacial score (nSPS) is 32.6. The highest BCUT2D eigenvalue weighted by Crippen LogP contribution is 2.60. The minimum absolute atomic E-state index is 0.0659. The Morgan fingerprint density at radius 2 is 2.03 bits per heavy atom. The molecule has 5 atom stereocenters. The van der Waals surface area contributed by atoms with Gasteiger partial charge in [-0.2, -0.15) is 0 Å². The molecule has 1 fully saturated rings. The number of hydrogen-bond donors (Lipinski definition) is 3. The maximum atomic E-state index is 16.0. The van der Waals surface area contributed by atoms with E-state index in [-0.39, 0.29) is 18.1 Å². The Morgan fingerprint density at radius 1 is 1.34 bits per heavy atom. The minimum atomic E-state index is -4.81. The van der Waals surface area contributed by atoms with Gasteiger partial charge in [0.1, 0.15) is 46.4 Å². The maximum Gasteiger partial charge on any atom is 0.529 e. The summed E-state index contributed by atoms with van der Waals surface area (Å²) in [7, 11) is 13.8. The van der Waals surface area contributed by atoms with Gasteiger partial charge in [-0.1, -0.05) is 23.7 Å². The molecule has 1 aromatic carbocycles. The highest BCUT2D eigenvalue weighted by molar-refractivity contribution is 7.49. The summed E-state index contributed by atoms with van der Waals surface area (Å²) in [4.78, 5) is 25.5. The number of hydrogen-bond acceptors (Lipinski definition) is 10. The number of phosphoric ester groups is 1. The Bertz CT molecular complexity index is 1330. The van der Waals surface area contributed by atoms with Crippen LogP contribution in [0.2, 0.25) is 5.02 Å². The van der Waals surface area contributed by atoms with Crippen molar-refractivity contribution in [3.8, 4) is 11.5 Å². The quantitative estimate of drug-likeness (QED) is 0.331.